The number of rotatable bonds is 4. The number of anilines is 1. The average molecular weight is 393 g/mol. The van der Waals surface area contributed by atoms with E-state index in [2.05, 4.69) is 0 Å². The molecule has 1 heterocycles. The lowest BCUT2D eigenvalue weighted by atomic mass is 9.88. The van der Waals surface area contributed by atoms with E-state index >= 15 is 0 Å². The second kappa shape index (κ2) is 6.80. The highest BCUT2D eigenvalue weighted by molar-refractivity contribution is 7.93. The minimum absolute atomic E-state index is 0.0767. The monoisotopic (exact) mass is 393 g/mol. The normalized spacial score (nSPS) is 18.7. The summed E-state index contributed by atoms with van der Waals surface area (Å²) in [5.74, 6) is -1.77. The Balaban J connectivity index is 1.94. The predicted octanol–water partition coefficient (Wildman–Crippen LogP) is 3.79. The number of aliphatic carboxylic acids is 1. The number of hydrogen-bond acceptors (Lipinski definition) is 3. The van der Waals surface area contributed by atoms with Gasteiger partial charge in [-0.25, -0.2) is 13.2 Å². The van der Waals surface area contributed by atoms with E-state index in [0.29, 0.717) is 11.3 Å². The minimum atomic E-state index is -4.05. The molecular formula is C22H19NO4S. The van der Waals surface area contributed by atoms with Crippen molar-refractivity contribution >= 4 is 21.7 Å². The van der Waals surface area contributed by atoms with Crippen molar-refractivity contribution in [3.8, 4) is 0 Å². The molecule has 2 unspecified atom stereocenters. The number of carboxylic acids is 1. The molecule has 0 saturated carbocycles. The number of fused-ring (bicyclic) bond motifs is 1. The molecule has 3 aromatic carbocycles. The van der Waals surface area contributed by atoms with Crippen LogP contribution in [-0.2, 0) is 14.8 Å². The van der Waals surface area contributed by atoms with Gasteiger partial charge in [-0.1, -0.05) is 66.2 Å². The molecule has 1 N–H and O–H groups in total. The van der Waals surface area contributed by atoms with Crippen LogP contribution in [0.15, 0.2) is 83.8 Å². The molecule has 0 spiro atoms. The summed E-state index contributed by atoms with van der Waals surface area (Å²) in [5.41, 5.74) is 2.79. The molecule has 0 aromatic heterocycles. The molecule has 4 rings (SSSR count). The highest BCUT2D eigenvalue weighted by Gasteiger charge is 2.49. The van der Waals surface area contributed by atoms with Crippen molar-refractivity contribution in [2.45, 2.75) is 23.8 Å². The second-order valence-corrected chi connectivity index (χ2v) is 8.66. The van der Waals surface area contributed by atoms with Gasteiger partial charge in [0.2, 0.25) is 0 Å². The molecule has 28 heavy (non-hydrogen) atoms. The van der Waals surface area contributed by atoms with Gasteiger partial charge in [0, 0.05) is 5.92 Å². The van der Waals surface area contributed by atoms with E-state index < -0.39 is 28.0 Å². The van der Waals surface area contributed by atoms with E-state index in [1.165, 1.54) is 12.1 Å². The van der Waals surface area contributed by atoms with E-state index in [0.717, 1.165) is 15.4 Å². The Hall–Kier alpha value is -3.12. The second-order valence-electron chi connectivity index (χ2n) is 6.84. The number of carboxylic acid groups (broad SMARTS) is 1. The average Bonchev–Trinajstić information content (AvgIpc) is 3.05. The van der Waals surface area contributed by atoms with E-state index in [9.17, 15) is 18.3 Å². The smallest absolute Gasteiger partial charge is 0.328 e. The van der Waals surface area contributed by atoms with Crippen molar-refractivity contribution in [2.24, 2.45) is 0 Å². The van der Waals surface area contributed by atoms with Crippen LogP contribution in [0, 0.1) is 6.92 Å². The third-order valence-electron chi connectivity index (χ3n) is 5.07. The largest absolute Gasteiger partial charge is 0.480 e. The molecule has 5 nitrogen and oxygen atoms in total. The van der Waals surface area contributed by atoms with Crippen LogP contribution in [0.4, 0.5) is 5.69 Å². The zero-order valence-corrected chi connectivity index (χ0v) is 16.0. The molecule has 0 bridgehead atoms. The van der Waals surface area contributed by atoms with Crippen molar-refractivity contribution in [1.29, 1.82) is 0 Å². The highest BCUT2D eigenvalue weighted by atomic mass is 32.2. The Morgan fingerprint density at radius 3 is 2.14 bits per heavy atom. The molecule has 0 radical (unpaired) electrons. The Bertz CT molecular complexity index is 1120. The Kier molecular flexibility index (Phi) is 4.43. The van der Waals surface area contributed by atoms with Crippen molar-refractivity contribution in [1.82, 2.24) is 0 Å². The van der Waals surface area contributed by atoms with Gasteiger partial charge in [-0.15, -0.1) is 0 Å². The molecule has 0 aliphatic carbocycles. The standard InChI is InChI=1S/C22H19NO4S/c1-15-11-13-17(14-12-15)28(26,27)23-19-10-6-5-9-18(19)20(21(23)22(24)25)16-7-3-2-4-8-16/h2-14,20-21H,1H3,(H,24,25). The fraction of sp³-hybridized carbons (Fsp3) is 0.136. The lowest BCUT2D eigenvalue weighted by Crippen LogP contribution is -2.44. The highest BCUT2D eigenvalue weighted by Crippen LogP contribution is 2.47. The van der Waals surface area contributed by atoms with Gasteiger partial charge in [0.1, 0.15) is 0 Å². The Labute approximate surface area is 163 Å². The predicted molar refractivity (Wildman–Crippen MR) is 107 cm³/mol. The summed E-state index contributed by atoms with van der Waals surface area (Å²) in [7, 11) is -4.05. The quantitative estimate of drug-likeness (QED) is 0.732. The van der Waals surface area contributed by atoms with E-state index in [1.54, 1.807) is 36.4 Å². The summed E-state index contributed by atoms with van der Waals surface area (Å²) in [5, 5.41) is 10.0. The Morgan fingerprint density at radius 2 is 1.50 bits per heavy atom. The van der Waals surface area contributed by atoms with Crippen LogP contribution in [0.2, 0.25) is 0 Å². The van der Waals surface area contributed by atoms with E-state index in [1.807, 2.05) is 37.3 Å². The minimum Gasteiger partial charge on any atom is -0.480 e. The first-order valence-electron chi connectivity index (χ1n) is 8.89. The van der Waals surface area contributed by atoms with E-state index in [4.69, 9.17) is 0 Å². The topological polar surface area (TPSA) is 74.7 Å². The first-order chi connectivity index (χ1) is 13.4. The van der Waals surface area contributed by atoms with Crippen LogP contribution in [0.3, 0.4) is 0 Å². The molecule has 6 heteroatoms. The van der Waals surface area contributed by atoms with Crippen LogP contribution >= 0.6 is 0 Å². The first-order valence-corrected chi connectivity index (χ1v) is 10.3. The van der Waals surface area contributed by atoms with Crippen molar-refractivity contribution in [2.75, 3.05) is 4.31 Å². The number of aryl methyl sites for hydroxylation is 1. The molecule has 0 amide bonds. The first kappa shape index (κ1) is 18.3. The Morgan fingerprint density at radius 1 is 0.893 bits per heavy atom. The number of para-hydroxylation sites is 1. The molecule has 3 aromatic rings. The fourth-order valence-corrected chi connectivity index (χ4v) is 5.42. The molecule has 1 aliphatic heterocycles. The third kappa shape index (κ3) is 2.86. The maximum absolute atomic E-state index is 13.5. The van der Waals surface area contributed by atoms with E-state index in [-0.39, 0.29) is 4.90 Å². The zero-order chi connectivity index (χ0) is 19.9. The number of sulfonamides is 1. The van der Waals surface area contributed by atoms with Crippen LogP contribution in [0.1, 0.15) is 22.6 Å². The van der Waals surface area contributed by atoms with Gasteiger partial charge < -0.3 is 5.11 Å². The van der Waals surface area contributed by atoms with Crippen LogP contribution in [0.5, 0.6) is 0 Å². The SMILES string of the molecule is Cc1ccc(S(=O)(=O)N2c3ccccc3C(c3ccccc3)C2C(=O)O)cc1. The molecule has 0 fully saturated rings. The molecule has 2 atom stereocenters. The van der Waals surface area contributed by atoms with Gasteiger partial charge in [-0.05, 0) is 36.2 Å². The van der Waals surface area contributed by atoms with Crippen LogP contribution in [-0.4, -0.2) is 25.5 Å². The fourth-order valence-electron chi connectivity index (χ4n) is 3.77. The van der Waals surface area contributed by atoms with Gasteiger partial charge in [0.15, 0.2) is 6.04 Å². The number of nitrogens with zero attached hydrogens (tertiary/aromatic N) is 1. The van der Waals surface area contributed by atoms with Crippen molar-refractivity contribution < 1.29 is 18.3 Å². The lowest BCUT2D eigenvalue weighted by molar-refractivity contribution is -0.138. The zero-order valence-electron chi connectivity index (χ0n) is 15.2. The number of carbonyl (C=O) groups is 1. The molecule has 1 aliphatic rings. The maximum Gasteiger partial charge on any atom is 0.328 e. The van der Waals surface area contributed by atoms with Crippen molar-refractivity contribution in [3.05, 3.63) is 95.6 Å². The summed E-state index contributed by atoms with van der Waals surface area (Å²) < 4.78 is 28.0. The summed E-state index contributed by atoms with van der Waals surface area (Å²) in [6.07, 6.45) is 0. The van der Waals surface area contributed by atoms with Crippen molar-refractivity contribution in [3.63, 3.8) is 0 Å². The summed E-state index contributed by atoms with van der Waals surface area (Å²) in [4.78, 5) is 12.4. The summed E-state index contributed by atoms with van der Waals surface area (Å²) in [6, 6.07) is 21.3. The van der Waals surface area contributed by atoms with Gasteiger partial charge in [0.05, 0.1) is 10.6 Å². The summed E-state index contributed by atoms with van der Waals surface area (Å²) >= 11 is 0. The molecule has 142 valence electrons. The van der Waals surface area contributed by atoms with Gasteiger partial charge >= 0.3 is 5.97 Å². The number of hydrogen-bond donors (Lipinski definition) is 1. The number of benzene rings is 3. The van der Waals surface area contributed by atoms with Gasteiger partial charge in [-0.2, -0.15) is 0 Å². The van der Waals surface area contributed by atoms with Gasteiger partial charge in [0.25, 0.3) is 10.0 Å². The van der Waals surface area contributed by atoms with Crippen LogP contribution in [0.25, 0.3) is 0 Å². The maximum atomic E-state index is 13.5. The summed E-state index contributed by atoms with van der Waals surface area (Å²) in [6.45, 7) is 1.87. The van der Waals surface area contributed by atoms with Gasteiger partial charge in [-0.3, -0.25) is 4.31 Å². The third-order valence-corrected chi connectivity index (χ3v) is 6.88. The molecule has 0 saturated heterocycles. The molecular weight excluding hydrogens is 374 g/mol. The lowest BCUT2D eigenvalue weighted by Gasteiger charge is -2.27. The van der Waals surface area contributed by atoms with Crippen LogP contribution < -0.4 is 4.31 Å².